The monoisotopic (exact) mass is 800 g/mol. The largest absolute Gasteiger partial charge is 0.310 e. The molecule has 9 aromatic rings. The van der Waals surface area contributed by atoms with Crippen LogP contribution in [0.4, 0.5) is 34.1 Å². The van der Waals surface area contributed by atoms with Crippen LogP contribution in [0.15, 0.2) is 231 Å². The molecule has 9 aromatic carbocycles. The Labute approximate surface area is 355 Å². The number of hydrogen-bond acceptors (Lipinski definition) is 2. The van der Waals surface area contributed by atoms with Crippen molar-refractivity contribution < 1.29 is 0 Å². The highest BCUT2D eigenvalue weighted by Crippen LogP contribution is 2.46. The summed E-state index contributed by atoms with van der Waals surface area (Å²) in [7, 11) is -5.50. The van der Waals surface area contributed by atoms with E-state index < -0.39 is 16.1 Å². The molecule has 0 radical (unpaired) electrons. The summed E-state index contributed by atoms with van der Waals surface area (Å²) in [6, 6.07) is 86.9. The predicted molar refractivity (Wildman–Crippen MR) is 260 cm³/mol. The second-order valence-electron chi connectivity index (χ2n) is 16.1. The van der Waals surface area contributed by atoms with Gasteiger partial charge in [-0.15, -0.1) is 0 Å². The van der Waals surface area contributed by atoms with Crippen LogP contribution in [-0.4, -0.2) is 16.1 Å². The van der Waals surface area contributed by atoms with Crippen LogP contribution in [0.1, 0.15) is 11.1 Å². The van der Waals surface area contributed by atoms with Gasteiger partial charge in [-0.25, -0.2) is 0 Å². The van der Waals surface area contributed by atoms with E-state index in [2.05, 4.69) is 254 Å². The fourth-order valence-corrected chi connectivity index (χ4v) is 20.9. The number of nitrogens with zero attached hydrogens (tertiary/aromatic N) is 2. The lowest BCUT2D eigenvalue weighted by atomic mass is 10.0. The molecule has 0 unspecified atom stereocenters. The van der Waals surface area contributed by atoms with E-state index in [1.807, 2.05) is 0 Å². The lowest BCUT2D eigenvalue weighted by molar-refractivity contribution is 1.20. The summed E-state index contributed by atoms with van der Waals surface area (Å²) >= 11 is 0. The number of aryl methyl sites for hydroxylation is 2. The van der Waals surface area contributed by atoms with E-state index in [0.29, 0.717) is 0 Å². The van der Waals surface area contributed by atoms with Crippen molar-refractivity contribution in [3.8, 4) is 0 Å². The van der Waals surface area contributed by atoms with Crippen LogP contribution >= 0.6 is 0 Å². The van der Waals surface area contributed by atoms with Crippen LogP contribution in [-0.2, 0) is 0 Å². The third-order valence-electron chi connectivity index (χ3n) is 13.0. The third kappa shape index (κ3) is 5.18. The molecule has 0 aromatic heterocycles. The smallest absolute Gasteiger partial charge is 0.184 e. The quantitative estimate of drug-likeness (QED) is 0.156. The molecule has 0 fully saturated rings. The molecule has 2 aliphatic rings. The molecule has 2 aliphatic heterocycles. The van der Waals surface area contributed by atoms with Gasteiger partial charge < -0.3 is 9.80 Å². The first-order valence-corrected chi connectivity index (χ1v) is 24.9. The summed E-state index contributed by atoms with van der Waals surface area (Å²) in [5, 5.41) is 11.2. The molecular weight excluding hydrogens is 757 g/mol. The summed E-state index contributed by atoms with van der Waals surface area (Å²) in [6.45, 7) is 4.57. The van der Waals surface area contributed by atoms with E-state index in [9.17, 15) is 0 Å². The molecule has 0 N–H and O–H groups in total. The van der Waals surface area contributed by atoms with Crippen molar-refractivity contribution in [3.05, 3.63) is 242 Å². The highest BCUT2D eigenvalue weighted by molar-refractivity contribution is 7.22. The molecule has 0 bridgehead atoms. The van der Waals surface area contributed by atoms with E-state index in [0.717, 1.165) is 0 Å². The molecule has 2 heterocycles. The number of rotatable bonds is 6. The van der Waals surface area contributed by atoms with Crippen molar-refractivity contribution in [2.75, 3.05) is 9.80 Å². The molecule has 4 heteroatoms. The fraction of sp³-hybridized carbons (Fsp3) is 0.0357. The highest BCUT2D eigenvalue weighted by Gasteiger charge is 2.50. The average molecular weight is 801 g/mol. The van der Waals surface area contributed by atoms with E-state index in [4.69, 9.17) is 0 Å². The maximum absolute atomic E-state index is 2.75. The second kappa shape index (κ2) is 14.4. The van der Waals surface area contributed by atoms with Crippen molar-refractivity contribution in [1.82, 2.24) is 0 Å². The minimum absolute atomic E-state index is 1.19. The van der Waals surface area contributed by atoms with Crippen molar-refractivity contribution >= 4 is 91.8 Å². The van der Waals surface area contributed by atoms with Gasteiger partial charge in [-0.1, -0.05) is 200 Å². The number of fused-ring (bicyclic) bond motifs is 4. The minimum atomic E-state index is -2.75. The van der Waals surface area contributed by atoms with Gasteiger partial charge in [-0.3, -0.25) is 0 Å². The molecular formula is C56H44N2Si2. The number of hydrogen-bond donors (Lipinski definition) is 0. The topological polar surface area (TPSA) is 6.48 Å². The summed E-state index contributed by atoms with van der Waals surface area (Å²) in [6.07, 6.45) is 0. The predicted octanol–water partition coefficient (Wildman–Crippen LogP) is 8.62. The van der Waals surface area contributed by atoms with Gasteiger partial charge in [-0.05, 0) is 96.8 Å². The van der Waals surface area contributed by atoms with Crippen molar-refractivity contribution in [1.29, 1.82) is 0 Å². The Hall–Kier alpha value is -6.99. The molecule has 0 amide bonds. The zero-order valence-electron chi connectivity index (χ0n) is 33.8. The normalized spacial score (nSPS) is 14.4. The Balaban J connectivity index is 1.17. The molecule has 0 atom stereocenters. The summed E-state index contributed by atoms with van der Waals surface area (Å²) in [5.41, 5.74) is 9.83. The van der Waals surface area contributed by atoms with E-state index in [1.165, 1.54) is 86.7 Å². The average Bonchev–Trinajstić information content (AvgIpc) is 3.32. The van der Waals surface area contributed by atoms with E-state index >= 15 is 0 Å². The van der Waals surface area contributed by atoms with Gasteiger partial charge in [-0.2, -0.15) is 0 Å². The van der Waals surface area contributed by atoms with Gasteiger partial charge in [0.05, 0.1) is 11.4 Å². The molecule has 0 saturated heterocycles. The van der Waals surface area contributed by atoms with Gasteiger partial charge in [0.15, 0.2) is 16.1 Å². The van der Waals surface area contributed by atoms with Crippen LogP contribution in [0.3, 0.4) is 0 Å². The number of para-hydroxylation sites is 4. The Bertz CT molecular complexity index is 2640. The molecule has 286 valence electrons. The number of benzene rings is 9. The van der Waals surface area contributed by atoms with Gasteiger partial charge in [0.25, 0.3) is 0 Å². The fourth-order valence-electron chi connectivity index (χ4n) is 10.7. The first-order valence-electron chi connectivity index (χ1n) is 20.9. The van der Waals surface area contributed by atoms with Gasteiger partial charge in [0.1, 0.15) is 0 Å². The van der Waals surface area contributed by atoms with Crippen LogP contribution in [0.25, 0.3) is 0 Å². The summed E-state index contributed by atoms with van der Waals surface area (Å²) < 4.78 is 0. The first-order chi connectivity index (χ1) is 29.6. The Kier molecular flexibility index (Phi) is 8.66. The third-order valence-corrected chi connectivity index (χ3v) is 22.7. The van der Waals surface area contributed by atoms with Crippen LogP contribution in [0, 0.1) is 13.8 Å². The molecule has 0 aliphatic carbocycles. The van der Waals surface area contributed by atoms with E-state index in [1.54, 1.807) is 0 Å². The van der Waals surface area contributed by atoms with Gasteiger partial charge in [0.2, 0.25) is 0 Å². The van der Waals surface area contributed by atoms with E-state index in [-0.39, 0.29) is 0 Å². The Morgan fingerprint density at radius 1 is 0.250 bits per heavy atom. The lowest BCUT2D eigenvalue weighted by Gasteiger charge is -2.46. The standard InChI is InChI=1S/C56H44N2Si2/c1-41-39-42(2)52(58-49-33-17-21-37-55(49)60(45-27-11-5-12-28-45,46-29-13-6-14-30-46)56-38-22-18-34-50(56)58)40-51(41)57-47-31-15-19-35-53(47)59(43-23-7-3-8-24-43,44-25-9-4-10-26-44)54-36-20-16-32-48(54)57/h3-40H,1-2H3. The molecule has 60 heavy (non-hydrogen) atoms. The molecule has 0 spiro atoms. The highest BCUT2D eigenvalue weighted by atomic mass is 28.3. The maximum Gasteiger partial charge on any atom is 0.184 e. The molecule has 11 rings (SSSR count). The summed E-state index contributed by atoms with van der Waals surface area (Å²) in [4.78, 5) is 5.13. The lowest BCUT2D eigenvalue weighted by Crippen LogP contribution is -2.77. The summed E-state index contributed by atoms with van der Waals surface area (Å²) in [5.74, 6) is 0. The van der Waals surface area contributed by atoms with Crippen molar-refractivity contribution in [2.45, 2.75) is 13.8 Å². The zero-order valence-corrected chi connectivity index (χ0v) is 35.8. The molecule has 0 saturated carbocycles. The molecule has 2 nitrogen and oxygen atoms in total. The van der Waals surface area contributed by atoms with Crippen LogP contribution < -0.4 is 51.3 Å². The van der Waals surface area contributed by atoms with Crippen LogP contribution in [0.2, 0.25) is 0 Å². The SMILES string of the molecule is Cc1cc(C)c(N2c3ccccc3[Si](c3ccccc3)(c3ccccc3)c3ccccc32)cc1N1c2ccccc2[Si](c2ccccc2)(c2ccccc2)c2ccccc21. The zero-order chi connectivity index (χ0) is 40.3. The first kappa shape index (κ1) is 36.1. The van der Waals surface area contributed by atoms with Gasteiger partial charge in [0, 0.05) is 22.7 Å². The second-order valence-corrected chi connectivity index (χ2v) is 23.6. The minimum Gasteiger partial charge on any atom is -0.310 e. The van der Waals surface area contributed by atoms with Crippen molar-refractivity contribution in [2.24, 2.45) is 0 Å². The van der Waals surface area contributed by atoms with Gasteiger partial charge >= 0.3 is 0 Å². The van der Waals surface area contributed by atoms with Crippen LogP contribution in [0.5, 0.6) is 0 Å². The maximum atomic E-state index is 2.56. The Morgan fingerprint density at radius 3 is 0.750 bits per heavy atom. The van der Waals surface area contributed by atoms with Crippen molar-refractivity contribution in [3.63, 3.8) is 0 Å². The number of anilines is 6. The Morgan fingerprint density at radius 2 is 0.483 bits per heavy atom.